The lowest BCUT2D eigenvalue weighted by Crippen LogP contribution is -2.43. The van der Waals surface area contributed by atoms with Gasteiger partial charge in [0, 0.05) is 17.3 Å². The van der Waals surface area contributed by atoms with Crippen molar-refractivity contribution < 1.29 is 14.6 Å². The predicted molar refractivity (Wildman–Crippen MR) is 94.1 cm³/mol. The number of carbonyl (C=O) groups excluding carboxylic acids is 1. The van der Waals surface area contributed by atoms with Crippen LogP contribution in [0.5, 0.6) is 0 Å². The summed E-state index contributed by atoms with van der Waals surface area (Å²) in [4.78, 5) is 33.3. The van der Waals surface area contributed by atoms with Gasteiger partial charge in [0.25, 0.3) is 17.3 Å². The van der Waals surface area contributed by atoms with Crippen molar-refractivity contribution in [2.24, 2.45) is 0 Å². The van der Waals surface area contributed by atoms with Crippen LogP contribution in [0.1, 0.15) is 27.9 Å². The normalized spacial score (nSPS) is 15.5. The highest BCUT2D eigenvalue weighted by molar-refractivity contribution is 5.97. The van der Waals surface area contributed by atoms with Gasteiger partial charge in [0.15, 0.2) is 0 Å². The number of amides is 1. The summed E-state index contributed by atoms with van der Waals surface area (Å²) in [7, 11) is 0. The third-order valence-electron chi connectivity index (χ3n) is 4.37. The van der Waals surface area contributed by atoms with Gasteiger partial charge in [-0.2, -0.15) is 0 Å². The molecule has 1 aliphatic rings. The summed E-state index contributed by atoms with van der Waals surface area (Å²) in [5, 5.41) is 28.1. The Labute approximate surface area is 148 Å². The van der Waals surface area contributed by atoms with Gasteiger partial charge in [-0.1, -0.05) is 18.2 Å². The number of nitro groups is 2. The molecule has 1 unspecified atom stereocenters. The maximum Gasteiger partial charge on any atom is 0.279 e. The Hall–Kier alpha value is -3.49. The van der Waals surface area contributed by atoms with Gasteiger partial charge in [-0.25, -0.2) is 0 Å². The average molecular weight is 356 g/mol. The number of aryl methyl sites for hydroxylation is 1. The van der Waals surface area contributed by atoms with Crippen LogP contribution in [0.15, 0.2) is 36.4 Å². The average Bonchev–Trinajstić information content (AvgIpc) is 2.61. The Balaban J connectivity index is 1.86. The van der Waals surface area contributed by atoms with E-state index in [2.05, 4.69) is 10.6 Å². The van der Waals surface area contributed by atoms with Crippen molar-refractivity contribution in [3.63, 3.8) is 0 Å². The molecular weight excluding hydrogens is 340 g/mol. The minimum absolute atomic E-state index is 0.0773. The number of hydrogen-bond donors (Lipinski definition) is 2. The fraction of sp³-hybridized carbons (Fsp3) is 0.235. The number of nitrogens with zero attached hydrogens (tertiary/aromatic N) is 2. The minimum atomic E-state index is -0.752. The van der Waals surface area contributed by atoms with E-state index in [1.807, 2.05) is 24.3 Å². The van der Waals surface area contributed by atoms with Gasteiger partial charge in [-0.05, 0) is 31.4 Å². The van der Waals surface area contributed by atoms with Crippen molar-refractivity contribution in [1.29, 1.82) is 0 Å². The standard InChI is InChI=1S/C17H16N4O5/c1-10-13(8-12(20(23)24)9-15(10)21(25)26)17(22)19-16-7-6-11-4-2-3-5-14(11)18-16/h2-5,8-9,16,18H,6-7H2,1H3,(H,19,22). The molecule has 9 heteroatoms. The summed E-state index contributed by atoms with van der Waals surface area (Å²) in [5.74, 6) is -0.591. The lowest BCUT2D eigenvalue weighted by atomic mass is 10.0. The van der Waals surface area contributed by atoms with E-state index in [1.165, 1.54) is 6.92 Å². The van der Waals surface area contributed by atoms with Crippen molar-refractivity contribution >= 4 is 23.0 Å². The first-order valence-corrected chi connectivity index (χ1v) is 7.95. The van der Waals surface area contributed by atoms with Crippen LogP contribution in [0.25, 0.3) is 0 Å². The highest BCUT2D eigenvalue weighted by Crippen LogP contribution is 2.29. The molecule has 134 valence electrons. The SMILES string of the molecule is Cc1c(C(=O)NC2CCc3ccccc3N2)cc([N+](=O)[O-])cc1[N+](=O)[O-]. The topological polar surface area (TPSA) is 127 Å². The molecule has 3 rings (SSSR count). The molecule has 0 aliphatic carbocycles. The van der Waals surface area contributed by atoms with Crippen LogP contribution >= 0.6 is 0 Å². The first kappa shape index (κ1) is 17.3. The molecule has 1 atom stereocenters. The molecule has 9 nitrogen and oxygen atoms in total. The van der Waals surface area contributed by atoms with Crippen LogP contribution in [-0.2, 0) is 6.42 Å². The third kappa shape index (κ3) is 3.32. The van der Waals surface area contributed by atoms with Crippen LogP contribution in [0.2, 0.25) is 0 Å². The van der Waals surface area contributed by atoms with Gasteiger partial charge in [-0.15, -0.1) is 0 Å². The molecule has 0 spiro atoms. The number of rotatable bonds is 4. The first-order chi connectivity index (χ1) is 12.4. The highest BCUT2D eigenvalue weighted by atomic mass is 16.6. The molecule has 0 saturated carbocycles. The van der Waals surface area contributed by atoms with Gasteiger partial charge >= 0.3 is 0 Å². The molecule has 1 heterocycles. The van der Waals surface area contributed by atoms with E-state index in [4.69, 9.17) is 0 Å². The van der Waals surface area contributed by atoms with Crippen LogP contribution < -0.4 is 10.6 Å². The maximum atomic E-state index is 12.6. The van der Waals surface area contributed by atoms with E-state index in [-0.39, 0.29) is 17.3 Å². The van der Waals surface area contributed by atoms with Gasteiger partial charge in [0.2, 0.25) is 0 Å². The number of hydrogen-bond acceptors (Lipinski definition) is 6. The van der Waals surface area contributed by atoms with E-state index in [0.29, 0.717) is 6.42 Å². The zero-order chi connectivity index (χ0) is 18.8. The molecule has 2 N–H and O–H groups in total. The number of non-ortho nitro benzene ring substituents is 1. The summed E-state index contributed by atoms with van der Waals surface area (Å²) >= 11 is 0. The van der Waals surface area contributed by atoms with E-state index < -0.39 is 27.1 Å². The zero-order valence-corrected chi connectivity index (χ0v) is 13.9. The van der Waals surface area contributed by atoms with E-state index >= 15 is 0 Å². The fourth-order valence-corrected chi connectivity index (χ4v) is 3.00. The molecule has 1 amide bonds. The smallest absolute Gasteiger partial charge is 0.279 e. The highest BCUT2D eigenvalue weighted by Gasteiger charge is 2.26. The Bertz CT molecular complexity index is 912. The molecule has 0 aromatic heterocycles. The van der Waals surface area contributed by atoms with Gasteiger partial charge < -0.3 is 10.6 Å². The van der Waals surface area contributed by atoms with E-state index in [1.54, 1.807) is 0 Å². The Morgan fingerprint density at radius 1 is 1.19 bits per heavy atom. The molecule has 1 aliphatic heterocycles. The van der Waals surface area contributed by atoms with Crippen molar-refractivity contribution in [3.05, 3.63) is 73.3 Å². The zero-order valence-electron chi connectivity index (χ0n) is 13.9. The lowest BCUT2D eigenvalue weighted by molar-refractivity contribution is -0.394. The largest absolute Gasteiger partial charge is 0.365 e. The van der Waals surface area contributed by atoms with Crippen LogP contribution in [0.4, 0.5) is 17.1 Å². The van der Waals surface area contributed by atoms with E-state index in [0.717, 1.165) is 29.8 Å². The summed E-state index contributed by atoms with van der Waals surface area (Å²) in [6.07, 6.45) is 1.04. The Kier molecular flexibility index (Phi) is 4.53. The van der Waals surface area contributed by atoms with Crippen molar-refractivity contribution in [2.75, 3.05) is 5.32 Å². The third-order valence-corrected chi connectivity index (χ3v) is 4.37. The number of carbonyl (C=O) groups is 1. The van der Waals surface area contributed by atoms with Crippen LogP contribution in [-0.4, -0.2) is 21.9 Å². The summed E-state index contributed by atoms with van der Waals surface area (Å²) in [5.41, 5.74) is 1.12. The fourth-order valence-electron chi connectivity index (χ4n) is 3.00. The van der Waals surface area contributed by atoms with Crippen molar-refractivity contribution in [2.45, 2.75) is 25.9 Å². The summed E-state index contributed by atoms with van der Waals surface area (Å²) in [6, 6.07) is 9.64. The number of benzene rings is 2. The monoisotopic (exact) mass is 356 g/mol. The van der Waals surface area contributed by atoms with E-state index in [9.17, 15) is 25.0 Å². The second-order valence-corrected chi connectivity index (χ2v) is 6.02. The second-order valence-electron chi connectivity index (χ2n) is 6.02. The molecule has 0 saturated heterocycles. The van der Waals surface area contributed by atoms with Crippen LogP contribution in [0.3, 0.4) is 0 Å². The first-order valence-electron chi connectivity index (χ1n) is 7.95. The predicted octanol–water partition coefficient (Wildman–Crippen LogP) is 2.93. The van der Waals surface area contributed by atoms with Crippen LogP contribution in [0, 0.1) is 27.2 Å². The molecule has 2 aromatic rings. The molecular formula is C17H16N4O5. The number of para-hydroxylation sites is 1. The number of nitrogens with one attached hydrogen (secondary N) is 2. The molecule has 0 fully saturated rings. The minimum Gasteiger partial charge on any atom is -0.365 e. The number of nitro benzene ring substituents is 2. The Morgan fingerprint density at radius 2 is 1.92 bits per heavy atom. The number of anilines is 1. The van der Waals surface area contributed by atoms with Crippen molar-refractivity contribution in [3.8, 4) is 0 Å². The lowest BCUT2D eigenvalue weighted by Gasteiger charge is -2.27. The van der Waals surface area contributed by atoms with Gasteiger partial charge in [-0.3, -0.25) is 25.0 Å². The second kappa shape index (κ2) is 6.79. The van der Waals surface area contributed by atoms with Gasteiger partial charge in [0.1, 0.15) is 0 Å². The Morgan fingerprint density at radius 3 is 2.62 bits per heavy atom. The quantitative estimate of drug-likeness (QED) is 0.640. The van der Waals surface area contributed by atoms with Gasteiger partial charge in [0.05, 0.1) is 27.6 Å². The maximum absolute atomic E-state index is 12.6. The number of fused-ring (bicyclic) bond motifs is 1. The molecule has 26 heavy (non-hydrogen) atoms. The van der Waals surface area contributed by atoms with Crippen molar-refractivity contribution in [1.82, 2.24) is 5.32 Å². The molecule has 0 radical (unpaired) electrons. The molecule has 0 bridgehead atoms. The summed E-state index contributed by atoms with van der Waals surface area (Å²) in [6.45, 7) is 1.40. The molecule has 2 aromatic carbocycles. The summed E-state index contributed by atoms with van der Waals surface area (Å²) < 4.78 is 0.